The van der Waals surface area contributed by atoms with Crippen LogP contribution in [-0.4, -0.2) is 35.6 Å². The first-order valence-corrected chi connectivity index (χ1v) is 5.05. The summed E-state index contributed by atoms with van der Waals surface area (Å²) in [6, 6.07) is 3.48. The van der Waals surface area contributed by atoms with Crippen LogP contribution in [0.4, 0.5) is 5.82 Å². The average molecular weight is 206 g/mol. The number of anilines is 1. The van der Waals surface area contributed by atoms with Crippen molar-refractivity contribution in [3.8, 4) is 0 Å². The number of aliphatic hydroxyl groups excluding tert-OH is 1. The van der Waals surface area contributed by atoms with Gasteiger partial charge in [-0.15, -0.1) is 0 Å². The van der Waals surface area contributed by atoms with Crippen molar-refractivity contribution in [1.82, 2.24) is 4.98 Å². The molecule has 0 aromatic carbocycles. The van der Waals surface area contributed by atoms with Crippen molar-refractivity contribution in [2.24, 2.45) is 5.92 Å². The summed E-state index contributed by atoms with van der Waals surface area (Å²) in [6.07, 6.45) is 2.14. The lowest BCUT2D eigenvalue weighted by molar-refractivity contribution is 0.112. The third-order valence-corrected chi connectivity index (χ3v) is 2.82. The van der Waals surface area contributed by atoms with E-state index in [1.165, 1.54) is 0 Å². The van der Waals surface area contributed by atoms with Crippen molar-refractivity contribution < 1.29 is 9.90 Å². The van der Waals surface area contributed by atoms with Crippen LogP contribution >= 0.6 is 0 Å². The maximum absolute atomic E-state index is 10.8. The molecule has 0 spiro atoms. The summed E-state index contributed by atoms with van der Waals surface area (Å²) in [4.78, 5) is 17.0. The predicted octanol–water partition coefficient (Wildman–Crippen LogP) is 0.711. The quantitative estimate of drug-likeness (QED) is 0.724. The van der Waals surface area contributed by atoms with Crippen LogP contribution < -0.4 is 4.90 Å². The van der Waals surface area contributed by atoms with Crippen molar-refractivity contribution in [1.29, 1.82) is 0 Å². The van der Waals surface area contributed by atoms with E-state index in [2.05, 4.69) is 4.98 Å². The van der Waals surface area contributed by atoms with E-state index in [0.29, 0.717) is 17.9 Å². The molecule has 1 fully saturated rings. The molecule has 4 nitrogen and oxygen atoms in total. The summed E-state index contributed by atoms with van der Waals surface area (Å²) in [7, 11) is 0. The van der Waals surface area contributed by atoms with Crippen molar-refractivity contribution >= 4 is 12.1 Å². The molecule has 2 atom stereocenters. The first-order valence-electron chi connectivity index (χ1n) is 5.05. The number of carbonyl (C=O) groups excluding carboxylic acids is 1. The molecule has 80 valence electrons. The van der Waals surface area contributed by atoms with Crippen LogP contribution in [0.3, 0.4) is 0 Å². The number of rotatable bonds is 2. The molecule has 1 aromatic rings. The van der Waals surface area contributed by atoms with Gasteiger partial charge in [-0.05, 0) is 12.1 Å². The van der Waals surface area contributed by atoms with Gasteiger partial charge in [0.05, 0.1) is 11.7 Å². The molecule has 0 saturated carbocycles. The monoisotopic (exact) mass is 206 g/mol. The number of aldehydes is 1. The normalized spacial score (nSPS) is 25.6. The molecule has 1 aromatic heterocycles. The van der Waals surface area contributed by atoms with E-state index in [1.54, 1.807) is 18.3 Å². The van der Waals surface area contributed by atoms with Gasteiger partial charge in [-0.2, -0.15) is 0 Å². The Morgan fingerprint density at radius 1 is 1.60 bits per heavy atom. The molecule has 1 aliphatic rings. The Morgan fingerprint density at radius 3 is 3.00 bits per heavy atom. The molecule has 0 bridgehead atoms. The first-order chi connectivity index (χ1) is 7.22. The molecule has 2 rings (SSSR count). The van der Waals surface area contributed by atoms with Gasteiger partial charge in [0.25, 0.3) is 0 Å². The van der Waals surface area contributed by atoms with Gasteiger partial charge in [0.15, 0.2) is 6.29 Å². The van der Waals surface area contributed by atoms with Crippen LogP contribution in [0.2, 0.25) is 0 Å². The fourth-order valence-corrected chi connectivity index (χ4v) is 1.89. The first kappa shape index (κ1) is 10.1. The molecular weight excluding hydrogens is 192 g/mol. The van der Waals surface area contributed by atoms with Gasteiger partial charge >= 0.3 is 0 Å². The van der Waals surface area contributed by atoms with Gasteiger partial charge in [0.2, 0.25) is 0 Å². The number of carbonyl (C=O) groups is 1. The topological polar surface area (TPSA) is 53.4 Å². The Labute approximate surface area is 88.6 Å². The molecule has 0 radical (unpaired) electrons. The minimum atomic E-state index is -0.327. The smallest absolute Gasteiger partial charge is 0.153 e. The van der Waals surface area contributed by atoms with Gasteiger partial charge in [0.1, 0.15) is 5.82 Å². The summed E-state index contributed by atoms with van der Waals surface area (Å²) in [5.74, 6) is 0.905. The average Bonchev–Trinajstić information content (AvgIpc) is 2.59. The van der Waals surface area contributed by atoms with Crippen molar-refractivity contribution in [3.05, 3.63) is 23.9 Å². The van der Waals surface area contributed by atoms with Gasteiger partial charge in [-0.25, -0.2) is 4.98 Å². The molecule has 1 saturated heterocycles. The molecule has 1 N–H and O–H groups in total. The molecule has 2 unspecified atom stereocenters. The van der Waals surface area contributed by atoms with E-state index in [-0.39, 0.29) is 12.0 Å². The summed E-state index contributed by atoms with van der Waals surface area (Å²) >= 11 is 0. The lowest BCUT2D eigenvalue weighted by atomic mass is 10.1. The molecule has 1 aliphatic heterocycles. The minimum absolute atomic E-state index is 0.228. The molecule has 0 aliphatic carbocycles. The predicted molar refractivity (Wildman–Crippen MR) is 57.0 cm³/mol. The number of hydrogen-bond acceptors (Lipinski definition) is 4. The molecule has 15 heavy (non-hydrogen) atoms. The SMILES string of the molecule is CC1CN(c2ncccc2C=O)CC1O. The van der Waals surface area contributed by atoms with E-state index in [9.17, 15) is 9.90 Å². The standard InChI is InChI=1S/C11H14N2O2/c1-8-5-13(6-10(8)15)11-9(7-14)3-2-4-12-11/h2-4,7-8,10,15H,5-6H2,1H3. The van der Waals surface area contributed by atoms with Crippen molar-refractivity contribution in [2.75, 3.05) is 18.0 Å². The molecule has 0 amide bonds. The third-order valence-electron chi connectivity index (χ3n) is 2.82. The molecular formula is C11H14N2O2. The van der Waals surface area contributed by atoms with Gasteiger partial charge < -0.3 is 10.0 Å². The van der Waals surface area contributed by atoms with Crippen LogP contribution in [0.1, 0.15) is 17.3 Å². The van der Waals surface area contributed by atoms with Gasteiger partial charge in [0, 0.05) is 25.2 Å². The highest BCUT2D eigenvalue weighted by molar-refractivity contribution is 5.82. The minimum Gasteiger partial charge on any atom is -0.391 e. The highest BCUT2D eigenvalue weighted by Crippen LogP contribution is 2.23. The van der Waals surface area contributed by atoms with Crippen LogP contribution in [0, 0.1) is 5.92 Å². The Kier molecular flexibility index (Phi) is 2.68. The van der Waals surface area contributed by atoms with Crippen molar-refractivity contribution in [3.63, 3.8) is 0 Å². The Balaban J connectivity index is 2.27. The maximum atomic E-state index is 10.8. The summed E-state index contributed by atoms with van der Waals surface area (Å²) in [6.45, 7) is 3.30. The van der Waals surface area contributed by atoms with E-state index >= 15 is 0 Å². The number of nitrogens with zero attached hydrogens (tertiary/aromatic N) is 2. The van der Waals surface area contributed by atoms with Crippen LogP contribution in [0.5, 0.6) is 0 Å². The van der Waals surface area contributed by atoms with Crippen LogP contribution in [0.25, 0.3) is 0 Å². The number of hydrogen-bond donors (Lipinski definition) is 1. The van der Waals surface area contributed by atoms with E-state index in [1.807, 2.05) is 11.8 Å². The fraction of sp³-hybridized carbons (Fsp3) is 0.455. The Bertz CT molecular complexity index is 357. The zero-order chi connectivity index (χ0) is 10.8. The van der Waals surface area contributed by atoms with Crippen LogP contribution in [0.15, 0.2) is 18.3 Å². The van der Waals surface area contributed by atoms with E-state index < -0.39 is 0 Å². The second-order valence-electron chi connectivity index (χ2n) is 3.98. The van der Waals surface area contributed by atoms with Gasteiger partial charge in [-0.1, -0.05) is 6.92 Å². The lowest BCUT2D eigenvalue weighted by Gasteiger charge is -2.17. The highest BCUT2D eigenvalue weighted by Gasteiger charge is 2.29. The number of pyridine rings is 1. The lowest BCUT2D eigenvalue weighted by Crippen LogP contribution is -2.23. The Hall–Kier alpha value is -1.42. The number of aromatic nitrogens is 1. The van der Waals surface area contributed by atoms with E-state index in [4.69, 9.17) is 0 Å². The third kappa shape index (κ3) is 1.85. The number of aliphatic hydroxyl groups is 1. The zero-order valence-corrected chi connectivity index (χ0v) is 8.63. The van der Waals surface area contributed by atoms with Gasteiger partial charge in [-0.3, -0.25) is 4.79 Å². The summed E-state index contributed by atoms with van der Waals surface area (Å²) in [5.41, 5.74) is 0.582. The second-order valence-corrected chi connectivity index (χ2v) is 3.98. The summed E-state index contributed by atoms with van der Waals surface area (Å²) in [5, 5.41) is 9.64. The number of β-amino-alcohol motifs (C(OH)–C–C–N with tert-alkyl or cyclic N) is 1. The molecule has 2 heterocycles. The Morgan fingerprint density at radius 2 is 2.40 bits per heavy atom. The van der Waals surface area contributed by atoms with E-state index in [0.717, 1.165) is 12.8 Å². The maximum Gasteiger partial charge on any atom is 0.153 e. The second kappa shape index (κ2) is 3.98. The largest absolute Gasteiger partial charge is 0.391 e. The van der Waals surface area contributed by atoms with Crippen molar-refractivity contribution in [2.45, 2.75) is 13.0 Å². The molecule has 4 heteroatoms. The van der Waals surface area contributed by atoms with Crippen LogP contribution in [-0.2, 0) is 0 Å². The summed E-state index contributed by atoms with van der Waals surface area (Å²) < 4.78 is 0. The highest BCUT2D eigenvalue weighted by atomic mass is 16.3. The fourth-order valence-electron chi connectivity index (χ4n) is 1.89. The zero-order valence-electron chi connectivity index (χ0n) is 8.63.